The van der Waals surface area contributed by atoms with Crippen LogP contribution in [0.25, 0.3) is 0 Å². The second kappa shape index (κ2) is 7.66. The molecule has 0 spiro atoms. The van der Waals surface area contributed by atoms with Crippen LogP contribution >= 0.6 is 0 Å². The number of aromatic nitrogens is 2. The van der Waals surface area contributed by atoms with Gasteiger partial charge in [0.1, 0.15) is 5.69 Å². The number of carbonyl (C=O) groups excluding carboxylic acids is 1. The number of nitrogens with one attached hydrogen (secondary N) is 1. The third-order valence-electron chi connectivity index (χ3n) is 5.46. The van der Waals surface area contributed by atoms with Crippen molar-refractivity contribution in [2.75, 3.05) is 20.3 Å². The zero-order valence-corrected chi connectivity index (χ0v) is 17.0. The van der Waals surface area contributed by atoms with Crippen LogP contribution in [0.4, 0.5) is 0 Å². The maximum atomic E-state index is 13.0. The van der Waals surface area contributed by atoms with Gasteiger partial charge in [-0.15, -0.1) is 0 Å². The fourth-order valence-electron chi connectivity index (χ4n) is 2.99. The summed E-state index contributed by atoms with van der Waals surface area (Å²) in [6, 6.07) is 0. The van der Waals surface area contributed by atoms with Crippen molar-refractivity contribution in [3.8, 4) is 0 Å². The highest BCUT2D eigenvalue weighted by Crippen LogP contribution is 2.32. The second-order valence-corrected chi connectivity index (χ2v) is 8.35. The lowest BCUT2D eigenvalue weighted by atomic mass is 9.77. The Morgan fingerprint density at radius 2 is 2.04 bits per heavy atom. The van der Waals surface area contributed by atoms with Crippen LogP contribution in [0.3, 0.4) is 0 Å². The fraction of sp³-hybridized carbons (Fsp3) is 0.789. The van der Waals surface area contributed by atoms with Gasteiger partial charge in [-0.25, -0.2) is 0 Å². The first-order valence-corrected chi connectivity index (χ1v) is 9.22. The van der Waals surface area contributed by atoms with Crippen molar-refractivity contribution in [1.82, 2.24) is 15.1 Å². The lowest BCUT2D eigenvalue weighted by Gasteiger charge is -2.37. The zero-order valence-electron chi connectivity index (χ0n) is 17.0. The number of hydrogen-bond acceptors (Lipinski definition) is 5. The average Bonchev–Trinajstić information content (AvgIpc) is 2.88. The van der Waals surface area contributed by atoms with Crippen LogP contribution < -0.4 is 5.32 Å². The van der Waals surface area contributed by atoms with E-state index >= 15 is 0 Å². The quantitative estimate of drug-likeness (QED) is 0.771. The van der Waals surface area contributed by atoms with Crippen molar-refractivity contribution in [2.24, 2.45) is 5.41 Å². The summed E-state index contributed by atoms with van der Waals surface area (Å²) in [5.74, 6) is -0.173. The first-order valence-electron chi connectivity index (χ1n) is 9.22. The number of ether oxygens (including phenoxy) is 2. The Morgan fingerprint density at radius 1 is 1.38 bits per heavy atom. The monoisotopic (exact) mass is 367 g/mol. The van der Waals surface area contributed by atoms with Crippen LogP contribution in [-0.4, -0.2) is 52.8 Å². The van der Waals surface area contributed by atoms with E-state index in [0.717, 1.165) is 11.3 Å². The van der Waals surface area contributed by atoms with Crippen LogP contribution in [0.2, 0.25) is 0 Å². The third-order valence-corrected chi connectivity index (χ3v) is 5.46. The number of rotatable bonds is 7. The molecule has 0 radical (unpaired) electrons. The SMILES string of the molecule is COCCn1nc2c(c1C(=O)NCC(C)(C)C(C)(C)O)C[C@H](C)O[C@@H]2C. The van der Waals surface area contributed by atoms with Crippen molar-refractivity contribution in [1.29, 1.82) is 0 Å². The summed E-state index contributed by atoms with van der Waals surface area (Å²) in [5, 5.41) is 17.9. The van der Waals surface area contributed by atoms with Gasteiger partial charge in [-0.3, -0.25) is 9.48 Å². The summed E-state index contributed by atoms with van der Waals surface area (Å²) >= 11 is 0. The van der Waals surface area contributed by atoms with Crippen molar-refractivity contribution >= 4 is 5.91 Å². The molecular formula is C19H33N3O4. The van der Waals surface area contributed by atoms with Crippen molar-refractivity contribution in [2.45, 2.75) is 72.3 Å². The summed E-state index contributed by atoms with van der Waals surface area (Å²) in [7, 11) is 1.63. The highest BCUT2D eigenvalue weighted by Gasteiger charge is 2.37. The molecule has 0 saturated heterocycles. The second-order valence-electron chi connectivity index (χ2n) is 8.35. The van der Waals surface area contributed by atoms with Gasteiger partial charge in [-0.1, -0.05) is 13.8 Å². The molecule has 1 aliphatic heterocycles. The normalized spacial score (nSPS) is 20.8. The Morgan fingerprint density at radius 3 is 2.62 bits per heavy atom. The molecule has 2 heterocycles. The van der Waals surface area contributed by atoms with Gasteiger partial charge >= 0.3 is 0 Å². The molecule has 1 amide bonds. The van der Waals surface area contributed by atoms with Gasteiger partial charge in [-0.2, -0.15) is 5.10 Å². The Kier molecular flexibility index (Phi) is 6.15. The molecule has 0 saturated carbocycles. The highest BCUT2D eigenvalue weighted by molar-refractivity contribution is 5.94. The van der Waals surface area contributed by atoms with Crippen molar-refractivity contribution < 1.29 is 19.4 Å². The molecule has 1 aliphatic rings. The van der Waals surface area contributed by atoms with Gasteiger partial charge in [-0.05, 0) is 27.7 Å². The number of fused-ring (bicyclic) bond motifs is 1. The van der Waals surface area contributed by atoms with Crippen LogP contribution in [0.15, 0.2) is 0 Å². The molecule has 26 heavy (non-hydrogen) atoms. The molecule has 0 aliphatic carbocycles. The molecule has 2 rings (SSSR count). The van der Waals surface area contributed by atoms with Crippen molar-refractivity contribution in [3.63, 3.8) is 0 Å². The standard InChI is InChI=1S/C19H33N3O4/c1-12-10-14-15(13(2)26-12)21-22(8-9-25-7)16(14)17(23)20-11-18(3,4)19(5,6)24/h12-13,24H,8-11H2,1-7H3,(H,20,23)/t12-,13+/m0/s1. The van der Waals surface area contributed by atoms with E-state index in [2.05, 4.69) is 10.4 Å². The van der Waals surface area contributed by atoms with Gasteiger partial charge in [0, 0.05) is 31.1 Å². The first kappa shape index (κ1) is 20.9. The topological polar surface area (TPSA) is 85.6 Å². The Balaban J connectivity index is 2.30. The summed E-state index contributed by atoms with van der Waals surface area (Å²) in [6.45, 7) is 12.7. The molecule has 0 aromatic carbocycles. The van der Waals surface area contributed by atoms with Crippen LogP contribution in [0, 0.1) is 5.41 Å². The Hall–Kier alpha value is -1.44. The molecule has 0 bridgehead atoms. The summed E-state index contributed by atoms with van der Waals surface area (Å²) in [6.07, 6.45) is 0.554. The fourth-order valence-corrected chi connectivity index (χ4v) is 2.99. The lowest BCUT2D eigenvalue weighted by Crippen LogP contribution is -2.47. The molecule has 7 nitrogen and oxygen atoms in total. The molecule has 7 heteroatoms. The third kappa shape index (κ3) is 4.27. The number of nitrogens with zero attached hydrogens (tertiary/aromatic N) is 2. The molecule has 0 fully saturated rings. The molecule has 2 atom stereocenters. The predicted molar refractivity (Wildman–Crippen MR) is 99.2 cm³/mol. The summed E-state index contributed by atoms with van der Waals surface area (Å²) < 4.78 is 12.7. The molecule has 1 aromatic rings. The van der Waals surface area contributed by atoms with E-state index in [1.807, 2.05) is 27.7 Å². The maximum absolute atomic E-state index is 13.0. The summed E-state index contributed by atoms with van der Waals surface area (Å²) in [4.78, 5) is 13.0. The van der Waals surface area contributed by atoms with Crippen LogP contribution in [-0.2, 0) is 22.4 Å². The average molecular weight is 367 g/mol. The van der Waals surface area contributed by atoms with E-state index in [0.29, 0.717) is 31.8 Å². The predicted octanol–water partition coefficient (Wildman–Crippen LogP) is 2.08. The Labute approximate surface area is 156 Å². The van der Waals surface area contributed by atoms with E-state index < -0.39 is 11.0 Å². The van der Waals surface area contributed by atoms with Crippen LogP contribution in [0.1, 0.15) is 69.4 Å². The minimum absolute atomic E-state index is 0.0388. The van der Waals surface area contributed by atoms with Crippen LogP contribution in [0.5, 0.6) is 0 Å². The van der Waals surface area contributed by atoms with E-state index in [1.165, 1.54) is 0 Å². The smallest absolute Gasteiger partial charge is 0.269 e. The minimum Gasteiger partial charge on any atom is -0.390 e. The number of hydrogen-bond donors (Lipinski definition) is 2. The van der Waals surface area contributed by atoms with Gasteiger partial charge in [0.2, 0.25) is 0 Å². The number of carbonyl (C=O) groups is 1. The Bertz CT molecular complexity index is 646. The molecule has 1 aromatic heterocycles. The molecule has 0 unspecified atom stereocenters. The first-order chi connectivity index (χ1) is 12.0. The zero-order chi connectivity index (χ0) is 19.7. The minimum atomic E-state index is -0.910. The number of methoxy groups -OCH3 is 1. The van der Waals surface area contributed by atoms with Gasteiger partial charge in [0.15, 0.2) is 0 Å². The number of amides is 1. The largest absolute Gasteiger partial charge is 0.390 e. The van der Waals surface area contributed by atoms with Gasteiger partial charge < -0.3 is 19.9 Å². The highest BCUT2D eigenvalue weighted by atomic mass is 16.5. The molecule has 2 N–H and O–H groups in total. The van der Waals surface area contributed by atoms with Crippen molar-refractivity contribution in [3.05, 3.63) is 17.0 Å². The van der Waals surface area contributed by atoms with E-state index in [1.54, 1.807) is 25.6 Å². The van der Waals surface area contributed by atoms with Gasteiger partial charge in [0.25, 0.3) is 5.91 Å². The molecular weight excluding hydrogens is 334 g/mol. The van der Waals surface area contributed by atoms with E-state index in [4.69, 9.17) is 9.47 Å². The molecule has 148 valence electrons. The lowest BCUT2D eigenvalue weighted by molar-refractivity contribution is -0.0328. The number of aliphatic hydroxyl groups is 1. The van der Waals surface area contributed by atoms with E-state index in [-0.39, 0.29) is 18.1 Å². The van der Waals surface area contributed by atoms with E-state index in [9.17, 15) is 9.90 Å². The summed E-state index contributed by atoms with van der Waals surface area (Å²) in [5.41, 5.74) is 0.971. The van der Waals surface area contributed by atoms with Gasteiger partial charge in [0.05, 0.1) is 36.7 Å². The maximum Gasteiger partial charge on any atom is 0.269 e.